The number of sulfonamides is 1. The molecule has 0 aliphatic carbocycles. The van der Waals surface area contributed by atoms with Crippen molar-refractivity contribution in [2.24, 2.45) is 0 Å². The summed E-state index contributed by atoms with van der Waals surface area (Å²) in [6.45, 7) is 0.378. The van der Waals surface area contributed by atoms with Crippen molar-refractivity contribution in [1.82, 2.24) is 9.71 Å². The van der Waals surface area contributed by atoms with E-state index in [2.05, 4.69) is 10.3 Å². The van der Waals surface area contributed by atoms with Gasteiger partial charge in [0.2, 0.25) is 0 Å². The Morgan fingerprint density at radius 1 is 1.00 bits per heavy atom. The maximum absolute atomic E-state index is 12.8. The van der Waals surface area contributed by atoms with Crippen molar-refractivity contribution in [3.8, 4) is 11.5 Å². The van der Waals surface area contributed by atoms with E-state index in [0.29, 0.717) is 29.1 Å². The molecule has 186 valence electrons. The molecule has 3 N–H and O–H groups in total. The lowest BCUT2D eigenvalue weighted by Gasteiger charge is -2.09. The summed E-state index contributed by atoms with van der Waals surface area (Å²) in [5.41, 5.74) is 1.10. The highest BCUT2D eigenvalue weighted by Gasteiger charge is 2.23. The quantitative estimate of drug-likeness (QED) is 0.227. The zero-order valence-electron chi connectivity index (χ0n) is 19.3. The van der Waals surface area contributed by atoms with Crippen LogP contribution in [-0.2, 0) is 16.6 Å². The van der Waals surface area contributed by atoms with Crippen LogP contribution in [0.3, 0.4) is 0 Å². The maximum atomic E-state index is 12.8. The molecule has 4 aromatic rings. The normalized spacial score (nSPS) is 11.2. The number of amides is 1. The van der Waals surface area contributed by atoms with Crippen LogP contribution in [0, 0.1) is 10.1 Å². The van der Waals surface area contributed by atoms with Gasteiger partial charge >= 0.3 is 0 Å². The van der Waals surface area contributed by atoms with Crippen LogP contribution in [0.1, 0.15) is 16.1 Å². The summed E-state index contributed by atoms with van der Waals surface area (Å²) in [6, 6.07) is 17.1. The number of nitrogens with one attached hydrogen (secondary N) is 3. The van der Waals surface area contributed by atoms with Crippen molar-refractivity contribution in [1.29, 1.82) is 0 Å². The Kier molecular flexibility index (Phi) is 6.79. The van der Waals surface area contributed by atoms with Crippen molar-refractivity contribution in [3.05, 3.63) is 88.1 Å². The van der Waals surface area contributed by atoms with Crippen molar-refractivity contribution >= 4 is 38.2 Å². The lowest BCUT2D eigenvalue weighted by atomic mass is 10.1. The number of anilines is 1. The van der Waals surface area contributed by atoms with Gasteiger partial charge in [-0.25, -0.2) is 13.1 Å². The van der Waals surface area contributed by atoms with Crippen molar-refractivity contribution < 1.29 is 27.6 Å². The number of H-pyrrole nitrogens is 1. The monoisotopic (exact) mass is 510 g/mol. The van der Waals surface area contributed by atoms with E-state index in [4.69, 9.17) is 9.47 Å². The molecule has 0 bridgehead atoms. The molecule has 0 saturated heterocycles. The first-order valence-corrected chi connectivity index (χ1v) is 12.1. The topological polar surface area (TPSA) is 153 Å². The summed E-state index contributed by atoms with van der Waals surface area (Å²) in [7, 11) is -1.19. The van der Waals surface area contributed by atoms with Gasteiger partial charge in [-0.2, -0.15) is 0 Å². The molecular weight excluding hydrogens is 488 g/mol. The number of carbonyl (C=O) groups is 1. The number of non-ortho nitro benzene ring substituents is 1. The van der Waals surface area contributed by atoms with Gasteiger partial charge in [-0.3, -0.25) is 14.9 Å². The molecule has 0 aliphatic heterocycles. The standard InChI is InChI=1S/C24H22N4O7S/c1-34-16-6-8-18(9-7-16)36(32,33)27-24(29)21-13-19-20(10-11-22(28(30)31)23(19)26-21)25-14-15-4-3-5-17(12-15)35-2/h3-13,25-26H,14H2,1-2H3,(H,27,29). The van der Waals surface area contributed by atoms with E-state index < -0.39 is 20.9 Å². The van der Waals surface area contributed by atoms with Crippen molar-refractivity contribution in [3.63, 3.8) is 0 Å². The lowest BCUT2D eigenvalue weighted by molar-refractivity contribution is -0.383. The molecule has 36 heavy (non-hydrogen) atoms. The second kappa shape index (κ2) is 9.96. The van der Waals surface area contributed by atoms with Crippen LogP contribution in [0.4, 0.5) is 11.4 Å². The van der Waals surface area contributed by atoms with Gasteiger partial charge in [-0.1, -0.05) is 12.1 Å². The molecule has 0 saturated carbocycles. The molecule has 0 spiro atoms. The number of ether oxygens (including phenoxy) is 2. The molecule has 12 heteroatoms. The Labute approximate surface area is 206 Å². The Hall–Kier alpha value is -4.58. The SMILES string of the molecule is COc1ccc(S(=O)(=O)NC(=O)c2cc3c(NCc4cccc(OC)c4)ccc([N+](=O)[O-])c3[nH]2)cc1. The summed E-state index contributed by atoms with van der Waals surface area (Å²) in [5, 5.41) is 15.1. The summed E-state index contributed by atoms with van der Waals surface area (Å²) >= 11 is 0. The fourth-order valence-corrected chi connectivity index (χ4v) is 4.57. The first-order valence-electron chi connectivity index (χ1n) is 10.6. The fourth-order valence-electron chi connectivity index (χ4n) is 3.60. The molecule has 1 heterocycles. The fraction of sp³-hybridized carbons (Fsp3) is 0.125. The smallest absolute Gasteiger partial charge is 0.293 e. The Balaban J connectivity index is 1.63. The van der Waals surface area contributed by atoms with Crippen LogP contribution in [0.15, 0.2) is 71.6 Å². The second-order valence-corrected chi connectivity index (χ2v) is 9.36. The van der Waals surface area contributed by atoms with Crippen molar-refractivity contribution in [2.75, 3.05) is 19.5 Å². The average Bonchev–Trinajstić information content (AvgIpc) is 3.33. The van der Waals surface area contributed by atoms with Crippen LogP contribution in [0.2, 0.25) is 0 Å². The predicted octanol–water partition coefficient (Wildman–Crippen LogP) is 3.82. The number of aromatic amines is 1. The van der Waals surface area contributed by atoms with Gasteiger partial charge in [-0.05, 0) is 54.1 Å². The molecule has 4 rings (SSSR count). The first-order chi connectivity index (χ1) is 17.2. The Morgan fingerprint density at radius 3 is 2.39 bits per heavy atom. The molecule has 1 amide bonds. The molecule has 3 aromatic carbocycles. The summed E-state index contributed by atoms with van der Waals surface area (Å²) in [4.78, 5) is 26.4. The zero-order chi connectivity index (χ0) is 25.9. The highest BCUT2D eigenvalue weighted by Crippen LogP contribution is 2.32. The van der Waals surface area contributed by atoms with Gasteiger partial charge in [0, 0.05) is 23.7 Å². The third-order valence-electron chi connectivity index (χ3n) is 5.43. The number of carbonyl (C=O) groups excluding carboxylic acids is 1. The van der Waals surface area contributed by atoms with Gasteiger partial charge in [0.1, 0.15) is 22.7 Å². The molecule has 0 unspecified atom stereocenters. The number of fused-ring (bicyclic) bond motifs is 1. The Morgan fingerprint density at radius 2 is 1.72 bits per heavy atom. The molecular formula is C24H22N4O7S. The third-order valence-corrected chi connectivity index (χ3v) is 6.77. The zero-order valence-corrected chi connectivity index (χ0v) is 20.1. The van der Waals surface area contributed by atoms with E-state index in [-0.39, 0.29) is 21.8 Å². The largest absolute Gasteiger partial charge is 0.497 e. The number of benzene rings is 3. The second-order valence-electron chi connectivity index (χ2n) is 7.68. The van der Waals surface area contributed by atoms with Crippen molar-refractivity contribution in [2.45, 2.75) is 11.4 Å². The van der Waals surface area contributed by atoms with E-state index in [1.54, 1.807) is 7.11 Å². The van der Waals surface area contributed by atoms with Crippen LogP contribution in [-0.4, -0.2) is 38.5 Å². The van der Waals surface area contributed by atoms with Crippen LogP contribution < -0.4 is 19.5 Å². The molecule has 1 aromatic heterocycles. The average molecular weight is 511 g/mol. The highest BCUT2D eigenvalue weighted by molar-refractivity contribution is 7.90. The van der Waals surface area contributed by atoms with Crippen LogP contribution >= 0.6 is 0 Å². The number of nitro groups is 1. The molecule has 11 nitrogen and oxygen atoms in total. The number of methoxy groups -OCH3 is 2. The van der Waals surface area contributed by atoms with Crippen LogP contribution in [0.5, 0.6) is 11.5 Å². The summed E-state index contributed by atoms with van der Waals surface area (Å²) < 4.78 is 37.6. The lowest BCUT2D eigenvalue weighted by Crippen LogP contribution is -2.30. The molecule has 0 fully saturated rings. The molecule has 0 atom stereocenters. The Bertz CT molecular complexity index is 1550. The van der Waals surface area contributed by atoms with Gasteiger partial charge in [-0.15, -0.1) is 0 Å². The minimum atomic E-state index is -4.20. The highest BCUT2D eigenvalue weighted by atomic mass is 32.2. The number of aromatic nitrogens is 1. The predicted molar refractivity (Wildman–Crippen MR) is 133 cm³/mol. The number of rotatable bonds is 9. The first kappa shape index (κ1) is 24.5. The van der Waals surface area contributed by atoms with Gasteiger partial charge < -0.3 is 19.8 Å². The maximum Gasteiger partial charge on any atom is 0.293 e. The van der Waals surface area contributed by atoms with E-state index in [1.807, 2.05) is 29.0 Å². The molecule has 0 radical (unpaired) electrons. The minimum Gasteiger partial charge on any atom is -0.497 e. The number of nitrogens with zero attached hydrogens (tertiary/aromatic N) is 1. The number of nitro benzene ring substituents is 1. The van der Waals surface area contributed by atoms with E-state index in [0.717, 1.165) is 5.56 Å². The summed E-state index contributed by atoms with van der Waals surface area (Å²) in [6.07, 6.45) is 0. The van der Waals surface area contributed by atoms with E-state index in [9.17, 15) is 23.3 Å². The summed E-state index contributed by atoms with van der Waals surface area (Å²) in [5.74, 6) is 0.175. The molecule has 0 aliphatic rings. The van der Waals surface area contributed by atoms with Gasteiger partial charge in [0.15, 0.2) is 0 Å². The van der Waals surface area contributed by atoms with Gasteiger partial charge in [0.25, 0.3) is 21.6 Å². The van der Waals surface area contributed by atoms with Crippen LogP contribution in [0.25, 0.3) is 10.9 Å². The minimum absolute atomic E-state index is 0.0858. The van der Waals surface area contributed by atoms with E-state index in [1.165, 1.54) is 49.6 Å². The van der Waals surface area contributed by atoms with E-state index >= 15 is 0 Å². The number of hydrogen-bond acceptors (Lipinski definition) is 8. The number of hydrogen-bond donors (Lipinski definition) is 3. The third kappa shape index (κ3) is 5.08. The van der Waals surface area contributed by atoms with Gasteiger partial charge in [0.05, 0.1) is 24.0 Å².